The Balaban J connectivity index is 2.66. The fourth-order valence-corrected chi connectivity index (χ4v) is 1.02. The Morgan fingerprint density at radius 3 is 2.93 bits per heavy atom. The number of hydrogen-bond acceptors (Lipinski definition) is 4. The van der Waals surface area contributed by atoms with E-state index in [0.717, 1.165) is 0 Å². The molecule has 0 spiro atoms. The van der Waals surface area contributed by atoms with Gasteiger partial charge >= 0.3 is 0 Å². The van der Waals surface area contributed by atoms with Gasteiger partial charge in [0.15, 0.2) is 0 Å². The summed E-state index contributed by atoms with van der Waals surface area (Å²) in [6.07, 6.45) is 0. The molecule has 15 heavy (non-hydrogen) atoms. The number of benzene rings is 1. The highest BCUT2D eigenvalue weighted by molar-refractivity contribution is 5.75. The smallest absolute Gasteiger partial charge is 0.269 e. The largest absolute Gasteiger partial charge is 0.351 e. The molecule has 0 fully saturated rings. The molecule has 0 aromatic heterocycles. The van der Waals surface area contributed by atoms with Crippen LogP contribution in [0, 0.1) is 15.5 Å². The van der Waals surface area contributed by atoms with E-state index in [0.29, 0.717) is 12.1 Å². The van der Waals surface area contributed by atoms with Crippen molar-refractivity contribution in [3.63, 3.8) is 0 Å². The van der Waals surface area contributed by atoms with Gasteiger partial charge in [-0.1, -0.05) is 12.1 Å². The molecule has 0 saturated heterocycles. The second-order valence-electron chi connectivity index (χ2n) is 2.80. The van der Waals surface area contributed by atoms with E-state index in [2.05, 4.69) is 10.7 Å². The number of hydrazine groups is 1. The zero-order chi connectivity index (χ0) is 11.3. The van der Waals surface area contributed by atoms with Crippen LogP contribution in [0.15, 0.2) is 24.3 Å². The summed E-state index contributed by atoms with van der Waals surface area (Å²) >= 11 is 0. The van der Waals surface area contributed by atoms with E-state index >= 15 is 0 Å². The Kier molecular flexibility index (Phi) is 3.58. The van der Waals surface area contributed by atoms with Crippen molar-refractivity contribution in [3.05, 3.63) is 39.9 Å². The molecule has 0 unspecified atom stereocenters. The third kappa shape index (κ3) is 3.24. The van der Waals surface area contributed by atoms with Gasteiger partial charge in [-0.05, 0) is 5.56 Å². The minimum absolute atomic E-state index is 0.0292. The Bertz CT molecular complexity index is 379. The standard InChI is InChI=1S/C8H11N5O2/c9-8(12-10)11-5-6-2-1-3-7(4-6)13(14)15/h1-4H,5,10H2,(H3,9,11,12). The van der Waals surface area contributed by atoms with Crippen LogP contribution in [0.5, 0.6) is 0 Å². The predicted octanol–water partition coefficient (Wildman–Crippen LogP) is 0.0825. The fourth-order valence-electron chi connectivity index (χ4n) is 1.02. The van der Waals surface area contributed by atoms with Crippen molar-refractivity contribution in [2.24, 2.45) is 5.84 Å². The molecular formula is C8H11N5O2. The number of nitrogens with one attached hydrogen (secondary N) is 3. The van der Waals surface area contributed by atoms with Gasteiger partial charge in [-0.15, -0.1) is 0 Å². The number of nitro benzene ring substituents is 1. The van der Waals surface area contributed by atoms with Gasteiger partial charge in [-0.2, -0.15) is 0 Å². The third-order valence-electron chi connectivity index (χ3n) is 1.74. The van der Waals surface area contributed by atoms with E-state index in [1.165, 1.54) is 12.1 Å². The molecule has 0 saturated carbocycles. The summed E-state index contributed by atoms with van der Waals surface area (Å²) < 4.78 is 0. The van der Waals surface area contributed by atoms with Gasteiger partial charge in [0.2, 0.25) is 5.96 Å². The summed E-state index contributed by atoms with van der Waals surface area (Å²) in [5.74, 6) is 4.93. The summed E-state index contributed by atoms with van der Waals surface area (Å²) in [4.78, 5) is 10.00. The number of nitro groups is 1. The number of nitrogens with zero attached hydrogens (tertiary/aromatic N) is 1. The molecule has 0 amide bonds. The lowest BCUT2D eigenvalue weighted by Gasteiger charge is -2.06. The van der Waals surface area contributed by atoms with Crippen molar-refractivity contribution < 1.29 is 4.92 Å². The number of non-ortho nitro benzene ring substituents is 1. The molecule has 0 aliphatic carbocycles. The van der Waals surface area contributed by atoms with E-state index in [4.69, 9.17) is 11.3 Å². The molecule has 7 heteroatoms. The average molecular weight is 209 g/mol. The lowest BCUT2D eigenvalue weighted by molar-refractivity contribution is -0.384. The van der Waals surface area contributed by atoms with Gasteiger partial charge < -0.3 is 5.32 Å². The molecule has 1 aromatic rings. The Morgan fingerprint density at radius 1 is 1.60 bits per heavy atom. The van der Waals surface area contributed by atoms with Crippen LogP contribution in [0.3, 0.4) is 0 Å². The third-order valence-corrected chi connectivity index (χ3v) is 1.74. The quantitative estimate of drug-likeness (QED) is 0.185. The number of hydrogen-bond donors (Lipinski definition) is 4. The molecule has 0 heterocycles. The topological polar surface area (TPSA) is 117 Å². The molecule has 80 valence electrons. The summed E-state index contributed by atoms with van der Waals surface area (Å²) in [5.41, 5.74) is 2.85. The second-order valence-corrected chi connectivity index (χ2v) is 2.80. The molecule has 0 bridgehead atoms. The zero-order valence-corrected chi connectivity index (χ0v) is 7.86. The summed E-state index contributed by atoms with van der Waals surface area (Å²) in [6, 6.07) is 6.17. The van der Waals surface area contributed by atoms with Crippen molar-refractivity contribution >= 4 is 11.6 Å². The first-order valence-electron chi connectivity index (χ1n) is 4.16. The van der Waals surface area contributed by atoms with E-state index in [-0.39, 0.29) is 11.6 Å². The van der Waals surface area contributed by atoms with Gasteiger partial charge in [-0.3, -0.25) is 20.9 Å². The lowest BCUT2D eigenvalue weighted by Crippen LogP contribution is -2.40. The fraction of sp³-hybridized carbons (Fsp3) is 0.125. The van der Waals surface area contributed by atoms with Crippen LogP contribution in [-0.4, -0.2) is 10.9 Å². The van der Waals surface area contributed by atoms with Gasteiger partial charge in [0.1, 0.15) is 0 Å². The summed E-state index contributed by atoms with van der Waals surface area (Å²) in [6.45, 7) is 0.310. The molecular weight excluding hydrogens is 198 g/mol. The number of rotatable bonds is 3. The van der Waals surface area contributed by atoms with Gasteiger partial charge in [0.25, 0.3) is 5.69 Å². The van der Waals surface area contributed by atoms with Crippen LogP contribution >= 0.6 is 0 Å². The SMILES string of the molecule is N=C(NN)NCc1cccc([N+](=O)[O-])c1. The van der Waals surface area contributed by atoms with Crippen LogP contribution in [0.4, 0.5) is 5.69 Å². The summed E-state index contributed by atoms with van der Waals surface area (Å²) in [7, 11) is 0. The molecule has 1 aromatic carbocycles. The Hall–Kier alpha value is -2.15. The highest BCUT2D eigenvalue weighted by Gasteiger charge is 2.05. The Morgan fingerprint density at radius 2 is 2.33 bits per heavy atom. The van der Waals surface area contributed by atoms with Crippen molar-refractivity contribution in [2.45, 2.75) is 6.54 Å². The predicted molar refractivity (Wildman–Crippen MR) is 55.0 cm³/mol. The van der Waals surface area contributed by atoms with Gasteiger partial charge in [0.05, 0.1) is 4.92 Å². The molecule has 1 rings (SSSR count). The minimum atomic E-state index is -0.462. The number of guanidine groups is 1. The van der Waals surface area contributed by atoms with E-state index in [1.807, 2.05) is 0 Å². The highest BCUT2D eigenvalue weighted by Crippen LogP contribution is 2.12. The lowest BCUT2D eigenvalue weighted by atomic mass is 10.2. The van der Waals surface area contributed by atoms with E-state index in [9.17, 15) is 10.1 Å². The first kappa shape index (κ1) is 10.9. The normalized spacial score (nSPS) is 9.40. The van der Waals surface area contributed by atoms with Gasteiger partial charge in [0, 0.05) is 18.7 Å². The minimum Gasteiger partial charge on any atom is -0.351 e. The molecule has 7 nitrogen and oxygen atoms in total. The molecule has 5 N–H and O–H groups in total. The molecule has 0 radical (unpaired) electrons. The maximum Gasteiger partial charge on any atom is 0.269 e. The monoisotopic (exact) mass is 209 g/mol. The van der Waals surface area contributed by atoms with E-state index in [1.54, 1.807) is 12.1 Å². The first-order chi connectivity index (χ1) is 7.13. The Labute approximate surface area is 85.9 Å². The maximum atomic E-state index is 10.5. The maximum absolute atomic E-state index is 10.5. The van der Waals surface area contributed by atoms with Crippen molar-refractivity contribution in [3.8, 4) is 0 Å². The van der Waals surface area contributed by atoms with Gasteiger partial charge in [-0.25, -0.2) is 5.84 Å². The zero-order valence-electron chi connectivity index (χ0n) is 7.86. The van der Waals surface area contributed by atoms with Crippen molar-refractivity contribution in [2.75, 3.05) is 0 Å². The second kappa shape index (κ2) is 4.91. The number of nitrogens with two attached hydrogens (primary N) is 1. The molecule has 0 atom stereocenters. The van der Waals surface area contributed by atoms with Crippen LogP contribution < -0.4 is 16.6 Å². The highest BCUT2D eigenvalue weighted by atomic mass is 16.6. The van der Waals surface area contributed by atoms with Crippen LogP contribution in [0.2, 0.25) is 0 Å². The average Bonchev–Trinajstić information content (AvgIpc) is 2.26. The van der Waals surface area contributed by atoms with E-state index < -0.39 is 4.92 Å². The molecule has 0 aliphatic rings. The van der Waals surface area contributed by atoms with Crippen molar-refractivity contribution in [1.82, 2.24) is 10.7 Å². The first-order valence-corrected chi connectivity index (χ1v) is 4.16. The molecule has 0 aliphatic heterocycles. The van der Waals surface area contributed by atoms with Crippen molar-refractivity contribution in [1.29, 1.82) is 5.41 Å². The van der Waals surface area contributed by atoms with Crippen LogP contribution in [0.1, 0.15) is 5.56 Å². The summed E-state index contributed by atoms with van der Waals surface area (Å²) in [5, 5.41) is 20.2. The van der Waals surface area contributed by atoms with Crippen LogP contribution in [0.25, 0.3) is 0 Å². The van der Waals surface area contributed by atoms with Crippen LogP contribution in [-0.2, 0) is 6.54 Å².